The van der Waals surface area contributed by atoms with E-state index in [-0.39, 0.29) is 29.8 Å². The first-order valence-corrected chi connectivity index (χ1v) is 14.0. The second-order valence-electron chi connectivity index (χ2n) is 10.3. The van der Waals surface area contributed by atoms with Crippen molar-refractivity contribution in [3.05, 3.63) is 70.2 Å². The molecule has 1 spiro atoms. The van der Waals surface area contributed by atoms with Crippen LogP contribution in [0.2, 0.25) is 0 Å². The molecule has 8 heteroatoms. The minimum atomic E-state index is -0.762. The van der Waals surface area contributed by atoms with Crippen molar-refractivity contribution in [3.63, 3.8) is 0 Å². The van der Waals surface area contributed by atoms with Crippen molar-refractivity contribution in [2.45, 2.75) is 58.2 Å². The summed E-state index contributed by atoms with van der Waals surface area (Å²) < 4.78 is 0.965. The van der Waals surface area contributed by atoms with Crippen molar-refractivity contribution < 1.29 is 14.4 Å². The number of hydrogen-bond acceptors (Lipinski definition) is 4. The van der Waals surface area contributed by atoms with Crippen LogP contribution in [0.25, 0.3) is 0 Å². The Kier molecular flexibility index (Phi) is 8.70. The van der Waals surface area contributed by atoms with Crippen LogP contribution < -0.4 is 5.32 Å². The summed E-state index contributed by atoms with van der Waals surface area (Å²) in [6.45, 7) is 8.85. The minimum Gasteiger partial charge on any atom is -0.349 e. The molecule has 1 atom stereocenters. The third kappa shape index (κ3) is 5.91. The van der Waals surface area contributed by atoms with Crippen molar-refractivity contribution in [2.24, 2.45) is 5.92 Å². The van der Waals surface area contributed by atoms with Crippen LogP contribution in [0, 0.1) is 5.92 Å². The molecule has 2 fully saturated rings. The van der Waals surface area contributed by atoms with Crippen LogP contribution in [0.5, 0.6) is 0 Å². The molecule has 0 unspecified atom stereocenters. The molecule has 0 bridgehead atoms. The lowest BCUT2D eigenvalue weighted by atomic mass is 9.85. The van der Waals surface area contributed by atoms with Gasteiger partial charge in [-0.05, 0) is 49.4 Å². The second kappa shape index (κ2) is 11.8. The van der Waals surface area contributed by atoms with Crippen molar-refractivity contribution in [1.82, 2.24) is 20.0 Å². The van der Waals surface area contributed by atoms with E-state index in [1.54, 1.807) is 4.90 Å². The zero-order valence-corrected chi connectivity index (χ0v) is 23.5. The summed E-state index contributed by atoms with van der Waals surface area (Å²) >= 11 is 3.44. The molecular formula is C29H37BrN4O3. The smallest absolute Gasteiger partial charge is 0.327 e. The largest absolute Gasteiger partial charge is 0.349 e. The van der Waals surface area contributed by atoms with Gasteiger partial charge in [0.15, 0.2) is 0 Å². The highest BCUT2D eigenvalue weighted by atomic mass is 79.9. The van der Waals surface area contributed by atoms with E-state index in [4.69, 9.17) is 0 Å². The number of benzene rings is 2. The lowest BCUT2D eigenvalue weighted by Crippen LogP contribution is -2.56. The maximum atomic E-state index is 13.7. The molecule has 0 aromatic heterocycles. The summed E-state index contributed by atoms with van der Waals surface area (Å²) in [6.07, 6.45) is 2.03. The number of likely N-dealkylation sites (tertiary alicyclic amines) is 1. The molecule has 7 nitrogen and oxygen atoms in total. The highest BCUT2D eigenvalue weighted by molar-refractivity contribution is 9.10. The van der Waals surface area contributed by atoms with Gasteiger partial charge in [0.1, 0.15) is 5.54 Å². The highest BCUT2D eigenvalue weighted by Crippen LogP contribution is 2.38. The molecule has 2 aliphatic rings. The molecule has 0 radical (unpaired) electrons. The number of carbonyl (C=O) groups excluding carboxylic acids is 3. The van der Waals surface area contributed by atoms with E-state index in [9.17, 15) is 14.4 Å². The van der Waals surface area contributed by atoms with Gasteiger partial charge in [0, 0.05) is 36.6 Å². The van der Waals surface area contributed by atoms with Gasteiger partial charge in [-0.1, -0.05) is 72.2 Å². The second-order valence-corrected chi connectivity index (χ2v) is 11.2. The monoisotopic (exact) mass is 568 g/mol. The van der Waals surface area contributed by atoms with Gasteiger partial charge in [0.2, 0.25) is 5.91 Å². The quantitative estimate of drug-likeness (QED) is 0.433. The van der Waals surface area contributed by atoms with Gasteiger partial charge in [-0.2, -0.15) is 0 Å². The van der Waals surface area contributed by atoms with Crippen LogP contribution in [-0.2, 0) is 16.1 Å². The Hall–Kier alpha value is -2.71. The molecular weight excluding hydrogens is 532 g/mol. The predicted molar refractivity (Wildman–Crippen MR) is 148 cm³/mol. The Morgan fingerprint density at radius 3 is 2.27 bits per heavy atom. The molecule has 4 rings (SSSR count). The van der Waals surface area contributed by atoms with Gasteiger partial charge in [-0.15, -0.1) is 0 Å². The lowest BCUT2D eigenvalue weighted by Gasteiger charge is -2.42. The fraction of sp³-hybridized carbons (Fsp3) is 0.483. The zero-order valence-electron chi connectivity index (χ0n) is 22.0. The Labute approximate surface area is 228 Å². The van der Waals surface area contributed by atoms with E-state index in [0.29, 0.717) is 25.9 Å². The number of imide groups is 1. The van der Waals surface area contributed by atoms with E-state index in [2.05, 4.69) is 38.3 Å². The Morgan fingerprint density at radius 2 is 1.68 bits per heavy atom. The van der Waals surface area contributed by atoms with Crippen molar-refractivity contribution in [3.8, 4) is 0 Å². The average Bonchev–Trinajstić information content (AvgIpc) is 3.09. The fourth-order valence-electron chi connectivity index (χ4n) is 5.42. The number of nitrogens with one attached hydrogen (secondary N) is 1. The normalized spacial score (nSPS) is 18.6. The molecule has 2 saturated heterocycles. The summed E-state index contributed by atoms with van der Waals surface area (Å²) in [5.74, 6) is -0.105. The lowest BCUT2D eigenvalue weighted by molar-refractivity contribution is -0.136. The summed E-state index contributed by atoms with van der Waals surface area (Å²) in [7, 11) is 0. The van der Waals surface area contributed by atoms with E-state index in [1.165, 1.54) is 4.90 Å². The Bertz CT molecular complexity index is 1100. The number of piperidine rings is 1. The Morgan fingerprint density at radius 1 is 1.03 bits per heavy atom. The number of amides is 4. The first kappa shape index (κ1) is 27.3. The van der Waals surface area contributed by atoms with E-state index in [1.807, 2.05) is 63.2 Å². The molecule has 4 amide bonds. The topological polar surface area (TPSA) is 73.0 Å². The molecule has 1 N–H and O–H groups in total. The number of hydrogen-bond donors (Lipinski definition) is 1. The summed E-state index contributed by atoms with van der Waals surface area (Å²) in [5, 5.41) is 3.20. The average molecular weight is 570 g/mol. The first-order valence-electron chi connectivity index (χ1n) is 13.2. The summed E-state index contributed by atoms with van der Waals surface area (Å²) in [6, 6.07) is 17.6. The van der Waals surface area contributed by atoms with Crippen LogP contribution in [0.3, 0.4) is 0 Å². The van der Waals surface area contributed by atoms with Crippen molar-refractivity contribution in [2.75, 3.05) is 26.2 Å². The minimum absolute atomic E-state index is 0.0472. The first-order chi connectivity index (χ1) is 17.7. The van der Waals surface area contributed by atoms with Crippen molar-refractivity contribution >= 4 is 33.8 Å². The molecule has 0 aliphatic carbocycles. The van der Waals surface area contributed by atoms with Crippen LogP contribution in [0.1, 0.15) is 57.2 Å². The van der Waals surface area contributed by atoms with Gasteiger partial charge in [-0.25, -0.2) is 4.79 Å². The maximum absolute atomic E-state index is 13.7. The number of urea groups is 1. The molecule has 2 aromatic rings. The van der Waals surface area contributed by atoms with Gasteiger partial charge in [0.25, 0.3) is 5.91 Å². The van der Waals surface area contributed by atoms with E-state index >= 15 is 0 Å². The number of carbonyl (C=O) groups is 3. The Balaban J connectivity index is 1.40. The summed E-state index contributed by atoms with van der Waals surface area (Å²) in [4.78, 5) is 44.9. The number of nitrogens with zero attached hydrogens (tertiary/aromatic N) is 3. The highest BCUT2D eigenvalue weighted by Gasteiger charge is 2.57. The third-order valence-corrected chi connectivity index (χ3v) is 8.18. The number of likely N-dealkylation sites (N-methyl/N-ethyl adjacent to an activating group) is 1. The standard InChI is InChI=1S/C29H37BrN4O3/c1-4-34-28(37)33(20-22-10-12-24(30)13-11-22)27(36)29(34)15-18-32(19-16-29)17-14-25(31-26(35)21(2)3)23-8-6-5-7-9-23/h5-13,21,25H,4,14-20H2,1-3H3,(H,31,35)/t25-/m0/s1. The van der Waals surface area contributed by atoms with Gasteiger partial charge < -0.3 is 15.1 Å². The molecule has 37 heavy (non-hydrogen) atoms. The molecule has 2 heterocycles. The molecule has 198 valence electrons. The van der Waals surface area contributed by atoms with Crippen LogP contribution in [0.15, 0.2) is 59.1 Å². The van der Waals surface area contributed by atoms with E-state index in [0.717, 1.165) is 41.7 Å². The number of halogens is 1. The van der Waals surface area contributed by atoms with Gasteiger partial charge in [-0.3, -0.25) is 14.5 Å². The van der Waals surface area contributed by atoms with E-state index < -0.39 is 5.54 Å². The van der Waals surface area contributed by atoms with Crippen LogP contribution >= 0.6 is 15.9 Å². The molecule has 2 aliphatic heterocycles. The maximum Gasteiger partial charge on any atom is 0.327 e. The van der Waals surface area contributed by atoms with Gasteiger partial charge >= 0.3 is 6.03 Å². The van der Waals surface area contributed by atoms with Crippen LogP contribution in [-0.4, -0.2) is 64.3 Å². The van der Waals surface area contributed by atoms with Gasteiger partial charge in [0.05, 0.1) is 12.6 Å². The zero-order chi connectivity index (χ0) is 26.6. The number of rotatable bonds is 9. The SMILES string of the molecule is CCN1C(=O)N(Cc2ccc(Br)cc2)C(=O)C12CCN(CC[C@H](NC(=O)C(C)C)c1ccccc1)CC2. The van der Waals surface area contributed by atoms with Crippen molar-refractivity contribution in [1.29, 1.82) is 0 Å². The fourth-order valence-corrected chi connectivity index (χ4v) is 5.68. The molecule has 0 saturated carbocycles. The summed E-state index contributed by atoms with van der Waals surface area (Å²) in [5.41, 5.74) is 1.27. The molecule has 2 aromatic carbocycles. The predicted octanol–water partition coefficient (Wildman–Crippen LogP) is 4.97. The third-order valence-electron chi connectivity index (χ3n) is 7.65. The van der Waals surface area contributed by atoms with Crippen LogP contribution in [0.4, 0.5) is 4.79 Å².